The molecule has 14 heteroatoms. The van der Waals surface area contributed by atoms with Crippen LogP contribution in [0.2, 0.25) is 0 Å². The number of benzene rings is 2. The van der Waals surface area contributed by atoms with E-state index in [2.05, 4.69) is 20.3 Å². The summed E-state index contributed by atoms with van der Waals surface area (Å²) in [6.45, 7) is 0.244. The maximum atomic E-state index is 13.2. The second kappa shape index (κ2) is 12.0. The third-order valence-electron chi connectivity index (χ3n) is 5.02. The molecule has 0 amide bonds. The SMILES string of the molecule is CNc1nc(OCCCOc2ccc(CCC(=O)O)cc2)nc(-c2cc(C(F)(F)F)cc(C(F)(F)F)c2)n1. The van der Waals surface area contributed by atoms with Crippen molar-refractivity contribution in [3.8, 4) is 23.1 Å². The first kappa shape index (κ1) is 28.5. The van der Waals surface area contributed by atoms with E-state index >= 15 is 0 Å². The minimum Gasteiger partial charge on any atom is -0.493 e. The summed E-state index contributed by atoms with van der Waals surface area (Å²) < 4.78 is 90.4. The predicted octanol–water partition coefficient (Wildman–Crippen LogP) is 5.48. The van der Waals surface area contributed by atoms with E-state index in [0.717, 1.165) is 5.56 Å². The molecule has 0 saturated heterocycles. The van der Waals surface area contributed by atoms with Gasteiger partial charge in [0, 0.05) is 25.5 Å². The van der Waals surface area contributed by atoms with Gasteiger partial charge in [0.05, 0.1) is 24.3 Å². The molecule has 0 bridgehead atoms. The summed E-state index contributed by atoms with van der Waals surface area (Å²) in [5.41, 5.74) is -2.66. The van der Waals surface area contributed by atoms with Gasteiger partial charge in [-0.3, -0.25) is 4.79 Å². The molecule has 1 aromatic heterocycles. The number of carboxylic acid groups (broad SMARTS) is 1. The van der Waals surface area contributed by atoms with Crippen LogP contribution in [0.1, 0.15) is 29.5 Å². The predicted molar refractivity (Wildman–Crippen MR) is 123 cm³/mol. The number of aromatic nitrogens is 3. The number of aliphatic carboxylic acids is 1. The smallest absolute Gasteiger partial charge is 0.416 e. The number of rotatable bonds is 11. The van der Waals surface area contributed by atoms with Gasteiger partial charge in [0.1, 0.15) is 5.75 Å². The lowest BCUT2D eigenvalue weighted by atomic mass is 10.0. The standard InChI is InChI=1S/C24H22F6N4O4/c1-31-21-32-20(15-11-16(23(25,26)27)13-17(12-15)24(28,29)30)33-22(34-21)38-10-2-9-37-18-6-3-14(4-7-18)5-8-19(35)36/h3-4,6-7,11-13H,2,5,8-10H2,1H3,(H,35,36)(H,31,32,33,34). The molecule has 2 aromatic carbocycles. The van der Waals surface area contributed by atoms with Gasteiger partial charge < -0.3 is 19.9 Å². The number of nitrogens with zero attached hydrogens (tertiary/aromatic N) is 3. The first-order chi connectivity index (χ1) is 17.8. The molecule has 1 heterocycles. The van der Waals surface area contributed by atoms with Crippen molar-refractivity contribution < 1.29 is 45.7 Å². The Morgan fingerprint density at radius 3 is 2.05 bits per heavy atom. The molecule has 0 aliphatic carbocycles. The number of anilines is 1. The Hall–Kier alpha value is -4.10. The van der Waals surface area contributed by atoms with Gasteiger partial charge in [-0.05, 0) is 42.3 Å². The third-order valence-corrected chi connectivity index (χ3v) is 5.02. The van der Waals surface area contributed by atoms with Crippen LogP contribution in [0, 0.1) is 0 Å². The fourth-order valence-electron chi connectivity index (χ4n) is 3.16. The average Bonchev–Trinajstić information content (AvgIpc) is 2.86. The molecular weight excluding hydrogens is 522 g/mol. The molecule has 38 heavy (non-hydrogen) atoms. The van der Waals surface area contributed by atoms with Crippen molar-refractivity contribution >= 4 is 11.9 Å². The molecule has 0 fully saturated rings. The first-order valence-corrected chi connectivity index (χ1v) is 11.1. The fraction of sp³-hybridized carbons (Fsp3) is 0.333. The number of hydrogen-bond donors (Lipinski definition) is 2. The summed E-state index contributed by atoms with van der Waals surface area (Å²) in [6, 6.07) is 7.65. The van der Waals surface area contributed by atoms with Crippen LogP contribution >= 0.6 is 0 Å². The number of carbonyl (C=O) groups is 1. The highest BCUT2D eigenvalue weighted by Crippen LogP contribution is 2.38. The van der Waals surface area contributed by atoms with Crippen molar-refractivity contribution in [2.75, 3.05) is 25.6 Å². The summed E-state index contributed by atoms with van der Waals surface area (Å²) in [7, 11) is 1.41. The molecule has 0 aliphatic rings. The molecule has 0 radical (unpaired) electrons. The highest BCUT2D eigenvalue weighted by Gasteiger charge is 2.37. The van der Waals surface area contributed by atoms with Gasteiger partial charge in [0.15, 0.2) is 5.82 Å². The zero-order valence-corrected chi connectivity index (χ0v) is 19.9. The van der Waals surface area contributed by atoms with Gasteiger partial charge in [-0.2, -0.15) is 41.3 Å². The van der Waals surface area contributed by atoms with Gasteiger partial charge in [-0.15, -0.1) is 0 Å². The minimum atomic E-state index is -5.02. The Bertz CT molecular complexity index is 1220. The Balaban J connectivity index is 1.66. The van der Waals surface area contributed by atoms with E-state index in [1.54, 1.807) is 24.3 Å². The first-order valence-electron chi connectivity index (χ1n) is 11.1. The van der Waals surface area contributed by atoms with Crippen molar-refractivity contribution in [1.29, 1.82) is 0 Å². The van der Waals surface area contributed by atoms with E-state index in [-0.39, 0.29) is 37.7 Å². The van der Waals surface area contributed by atoms with Gasteiger partial charge in [-0.1, -0.05) is 12.1 Å². The molecule has 0 unspecified atom stereocenters. The highest BCUT2D eigenvalue weighted by atomic mass is 19.4. The van der Waals surface area contributed by atoms with Crippen molar-refractivity contribution in [1.82, 2.24) is 15.0 Å². The second-order valence-corrected chi connectivity index (χ2v) is 7.90. The van der Waals surface area contributed by atoms with E-state index in [0.29, 0.717) is 30.7 Å². The highest BCUT2D eigenvalue weighted by molar-refractivity contribution is 5.67. The summed E-state index contributed by atoms with van der Waals surface area (Å²) in [4.78, 5) is 22.3. The molecule has 3 aromatic rings. The van der Waals surface area contributed by atoms with Crippen LogP contribution in [0.4, 0.5) is 32.3 Å². The van der Waals surface area contributed by atoms with Crippen molar-refractivity contribution in [3.05, 3.63) is 59.2 Å². The van der Waals surface area contributed by atoms with Gasteiger partial charge in [0.2, 0.25) is 5.95 Å². The lowest BCUT2D eigenvalue weighted by Crippen LogP contribution is -2.12. The number of alkyl halides is 6. The zero-order chi connectivity index (χ0) is 27.9. The van der Waals surface area contributed by atoms with E-state index in [1.165, 1.54) is 7.05 Å². The fourth-order valence-corrected chi connectivity index (χ4v) is 3.16. The second-order valence-electron chi connectivity index (χ2n) is 7.90. The zero-order valence-electron chi connectivity index (χ0n) is 19.9. The molecular formula is C24H22F6N4O4. The average molecular weight is 544 g/mol. The Morgan fingerprint density at radius 1 is 0.895 bits per heavy atom. The van der Waals surface area contributed by atoms with Gasteiger partial charge in [0.25, 0.3) is 0 Å². The van der Waals surface area contributed by atoms with Crippen molar-refractivity contribution in [3.63, 3.8) is 0 Å². The quantitative estimate of drug-likeness (QED) is 0.241. The molecule has 0 atom stereocenters. The maximum Gasteiger partial charge on any atom is 0.416 e. The molecule has 204 valence electrons. The largest absolute Gasteiger partial charge is 0.493 e. The Labute approximate surface area is 212 Å². The number of aryl methyl sites for hydroxylation is 1. The van der Waals surface area contributed by atoms with E-state index in [9.17, 15) is 31.1 Å². The summed E-state index contributed by atoms with van der Waals surface area (Å²) in [5, 5.41) is 11.3. The molecule has 8 nitrogen and oxygen atoms in total. The maximum absolute atomic E-state index is 13.2. The Kier molecular flexibility index (Phi) is 8.96. The number of carboxylic acids is 1. The van der Waals surface area contributed by atoms with Gasteiger partial charge >= 0.3 is 24.3 Å². The number of hydrogen-bond acceptors (Lipinski definition) is 7. The van der Waals surface area contributed by atoms with E-state index in [4.69, 9.17) is 14.6 Å². The van der Waals surface area contributed by atoms with Crippen LogP contribution in [-0.2, 0) is 23.6 Å². The van der Waals surface area contributed by atoms with E-state index in [1.807, 2.05) is 0 Å². The molecule has 3 rings (SSSR count). The van der Waals surface area contributed by atoms with Crippen LogP contribution < -0.4 is 14.8 Å². The molecule has 0 saturated carbocycles. The molecule has 0 aliphatic heterocycles. The normalized spacial score (nSPS) is 11.8. The number of ether oxygens (including phenoxy) is 2. The van der Waals surface area contributed by atoms with Crippen LogP contribution in [0.5, 0.6) is 11.8 Å². The van der Waals surface area contributed by atoms with Crippen molar-refractivity contribution in [2.45, 2.75) is 31.6 Å². The minimum absolute atomic E-state index is 0.0167. The molecule has 0 spiro atoms. The van der Waals surface area contributed by atoms with Crippen LogP contribution in [-0.4, -0.2) is 46.3 Å². The van der Waals surface area contributed by atoms with Gasteiger partial charge in [-0.25, -0.2) is 0 Å². The Morgan fingerprint density at radius 2 is 1.50 bits per heavy atom. The van der Waals surface area contributed by atoms with Crippen LogP contribution in [0.3, 0.4) is 0 Å². The monoisotopic (exact) mass is 544 g/mol. The van der Waals surface area contributed by atoms with Crippen LogP contribution in [0.25, 0.3) is 11.4 Å². The van der Waals surface area contributed by atoms with E-state index < -0.39 is 40.8 Å². The lowest BCUT2D eigenvalue weighted by Gasteiger charge is -2.14. The van der Waals surface area contributed by atoms with Crippen molar-refractivity contribution in [2.24, 2.45) is 0 Å². The van der Waals surface area contributed by atoms with Crippen LogP contribution in [0.15, 0.2) is 42.5 Å². The number of halogens is 6. The summed E-state index contributed by atoms with van der Waals surface area (Å²) in [6.07, 6.45) is -9.29. The lowest BCUT2D eigenvalue weighted by molar-refractivity contribution is -0.143. The summed E-state index contributed by atoms with van der Waals surface area (Å²) in [5.74, 6) is -0.891. The number of nitrogens with one attached hydrogen (secondary N) is 1. The third kappa shape index (κ3) is 8.21. The summed E-state index contributed by atoms with van der Waals surface area (Å²) >= 11 is 0. The topological polar surface area (TPSA) is 106 Å². The molecule has 2 N–H and O–H groups in total.